The molecule has 0 radical (unpaired) electrons. The number of benzene rings is 1. The van der Waals surface area contributed by atoms with Gasteiger partial charge < -0.3 is 9.64 Å². The molecular weight excluding hydrogens is 273 g/mol. The maximum absolute atomic E-state index is 12.9. The maximum Gasteiger partial charge on any atom is 0.254 e. The monoisotopic (exact) mass is 287 g/mol. The predicted molar refractivity (Wildman–Crippen MR) is 73.0 cm³/mol. The van der Waals surface area contributed by atoms with Crippen LogP contribution in [0.5, 0.6) is 0 Å². The molecule has 0 aliphatic carbocycles. The van der Waals surface area contributed by atoms with E-state index >= 15 is 0 Å². The third kappa shape index (κ3) is 3.05. The number of aromatic nitrogens is 2. The second-order valence-electron chi connectivity index (χ2n) is 4.75. The number of amides is 1. The highest BCUT2D eigenvalue weighted by atomic mass is 19.1. The number of ether oxygens (including phenoxy) is 1. The van der Waals surface area contributed by atoms with E-state index in [0.717, 1.165) is 0 Å². The molecule has 1 saturated heterocycles. The summed E-state index contributed by atoms with van der Waals surface area (Å²) in [6.45, 7) is 1.36. The molecule has 0 spiro atoms. The molecule has 3 rings (SSSR count). The molecule has 1 aliphatic rings. The molecule has 1 atom stereocenters. The van der Waals surface area contributed by atoms with E-state index in [1.807, 2.05) is 0 Å². The van der Waals surface area contributed by atoms with Crippen molar-refractivity contribution in [2.45, 2.75) is 6.10 Å². The fourth-order valence-electron chi connectivity index (χ4n) is 2.26. The van der Waals surface area contributed by atoms with Crippen LogP contribution in [-0.2, 0) is 4.74 Å². The van der Waals surface area contributed by atoms with E-state index in [1.54, 1.807) is 23.5 Å². The first kappa shape index (κ1) is 13.6. The summed E-state index contributed by atoms with van der Waals surface area (Å²) < 4.78 is 18.6. The topological polar surface area (TPSA) is 55.3 Å². The summed E-state index contributed by atoms with van der Waals surface area (Å²) in [4.78, 5) is 22.3. The molecule has 5 nitrogen and oxygen atoms in total. The van der Waals surface area contributed by atoms with Crippen LogP contribution in [0.25, 0.3) is 0 Å². The van der Waals surface area contributed by atoms with Crippen LogP contribution in [0.15, 0.2) is 42.9 Å². The predicted octanol–water partition coefficient (Wildman–Crippen LogP) is 1.83. The molecular formula is C15H14FN3O2. The van der Waals surface area contributed by atoms with Crippen molar-refractivity contribution < 1.29 is 13.9 Å². The van der Waals surface area contributed by atoms with Gasteiger partial charge in [0.15, 0.2) is 0 Å². The van der Waals surface area contributed by atoms with Gasteiger partial charge in [0.1, 0.15) is 11.9 Å². The first-order valence-electron chi connectivity index (χ1n) is 6.66. The molecule has 1 fully saturated rings. The fraction of sp³-hybridized carbons (Fsp3) is 0.267. The van der Waals surface area contributed by atoms with E-state index in [2.05, 4.69) is 9.97 Å². The Morgan fingerprint density at radius 2 is 2.10 bits per heavy atom. The molecule has 2 aromatic rings. The smallest absolute Gasteiger partial charge is 0.254 e. The minimum Gasteiger partial charge on any atom is -0.368 e. The summed E-state index contributed by atoms with van der Waals surface area (Å²) in [6.07, 6.45) is 4.54. The second kappa shape index (κ2) is 5.97. The van der Waals surface area contributed by atoms with Crippen LogP contribution in [0.4, 0.5) is 4.39 Å². The highest BCUT2D eigenvalue weighted by Gasteiger charge is 2.26. The van der Waals surface area contributed by atoms with Gasteiger partial charge in [-0.2, -0.15) is 0 Å². The van der Waals surface area contributed by atoms with Gasteiger partial charge in [-0.25, -0.2) is 4.39 Å². The van der Waals surface area contributed by atoms with Crippen molar-refractivity contribution in [3.8, 4) is 0 Å². The SMILES string of the molecule is O=C(c1ccc(F)cc1)N1CCO[C@@H](c2cnccn2)C1. The molecule has 108 valence electrons. The minimum absolute atomic E-state index is 0.132. The van der Waals surface area contributed by atoms with Crippen molar-refractivity contribution >= 4 is 5.91 Å². The Morgan fingerprint density at radius 3 is 2.81 bits per heavy atom. The molecule has 0 unspecified atom stereocenters. The molecule has 21 heavy (non-hydrogen) atoms. The van der Waals surface area contributed by atoms with Crippen molar-refractivity contribution in [2.24, 2.45) is 0 Å². The zero-order chi connectivity index (χ0) is 14.7. The average Bonchev–Trinajstić information content (AvgIpc) is 2.56. The Labute approximate surface area is 121 Å². The van der Waals surface area contributed by atoms with Crippen molar-refractivity contribution in [1.82, 2.24) is 14.9 Å². The number of rotatable bonds is 2. The van der Waals surface area contributed by atoms with Crippen LogP contribution in [0.3, 0.4) is 0 Å². The Bertz CT molecular complexity index is 619. The molecule has 6 heteroatoms. The summed E-state index contributed by atoms with van der Waals surface area (Å²) in [7, 11) is 0. The zero-order valence-corrected chi connectivity index (χ0v) is 11.3. The van der Waals surface area contributed by atoms with Crippen LogP contribution < -0.4 is 0 Å². The number of hydrogen-bond donors (Lipinski definition) is 0. The summed E-state index contributed by atoms with van der Waals surface area (Å²) in [5, 5.41) is 0. The Morgan fingerprint density at radius 1 is 1.29 bits per heavy atom. The van der Waals surface area contributed by atoms with E-state index in [1.165, 1.54) is 24.3 Å². The van der Waals surface area contributed by atoms with Gasteiger partial charge in [0.05, 0.1) is 25.0 Å². The highest BCUT2D eigenvalue weighted by molar-refractivity contribution is 5.94. The highest BCUT2D eigenvalue weighted by Crippen LogP contribution is 2.21. The van der Waals surface area contributed by atoms with Crippen molar-refractivity contribution in [1.29, 1.82) is 0 Å². The lowest BCUT2D eigenvalue weighted by molar-refractivity contribution is -0.0249. The van der Waals surface area contributed by atoms with Gasteiger partial charge in [0.25, 0.3) is 5.91 Å². The molecule has 1 aliphatic heterocycles. The second-order valence-corrected chi connectivity index (χ2v) is 4.75. The Balaban J connectivity index is 1.74. The van der Waals surface area contributed by atoms with Crippen LogP contribution in [0.1, 0.15) is 22.2 Å². The van der Waals surface area contributed by atoms with Gasteiger partial charge in [0, 0.05) is 24.5 Å². The largest absolute Gasteiger partial charge is 0.368 e. The van der Waals surface area contributed by atoms with Crippen molar-refractivity contribution in [2.75, 3.05) is 19.7 Å². The lowest BCUT2D eigenvalue weighted by atomic mass is 10.1. The van der Waals surface area contributed by atoms with E-state index in [9.17, 15) is 9.18 Å². The van der Waals surface area contributed by atoms with Crippen LogP contribution in [0, 0.1) is 5.82 Å². The molecule has 1 amide bonds. The van der Waals surface area contributed by atoms with Gasteiger partial charge in [-0.05, 0) is 24.3 Å². The third-order valence-electron chi connectivity index (χ3n) is 3.36. The minimum atomic E-state index is -0.356. The Kier molecular flexibility index (Phi) is 3.87. The number of carbonyl (C=O) groups is 1. The van der Waals surface area contributed by atoms with Gasteiger partial charge in [-0.3, -0.25) is 14.8 Å². The van der Waals surface area contributed by atoms with Crippen molar-refractivity contribution in [3.05, 3.63) is 59.9 Å². The lowest BCUT2D eigenvalue weighted by Crippen LogP contribution is -2.42. The van der Waals surface area contributed by atoms with Crippen LogP contribution >= 0.6 is 0 Å². The van der Waals surface area contributed by atoms with E-state index in [0.29, 0.717) is 31.0 Å². The average molecular weight is 287 g/mol. The van der Waals surface area contributed by atoms with Gasteiger partial charge >= 0.3 is 0 Å². The van der Waals surface area contributed by atoms with E-state index in [-0.39, 0.29) is 17.8 Å². The molecule has 2 heterocycles. The molecule has 1 aromatic heterocycles. The summed E-state index contributed by atoms with van der Waals surface area (Å²) in [5.74, 6) is -0.488. The number of morpholine rings is 1. The number of nitrogens with zero attached hydrogens (tertiary/aromatic N) is 3. The summed E-state index contributed by atoms with van der Waals surface area (Å²) >= 11 is 0. The first-order chi connectivity index (χ1) is 10.2. The molecule has 0 bridgehead atoms. The zero-order valence-electron chi connectivity index (χ0n) is 11.3. The van der Waals surface area contributed by atoms with Gasteiger partial charge in [0.2, 0.25) is 0 Å². The third-order valence-corrected chi connectivity index (χ3v) is 3.36. The first-order valence-corrected chi connectivity index (χ1v) is 6.66. The maximum atomic E-state index is 12.9. The van der Waals surface area contributed by atoms with Gasteiger partial charge in [-0.15, -0.1) is 0 Å². The Hall–Kier alpha value is -2.34. The quantitative estimate of drug-likeness (QED) is 0.845. The molecule has 0 N–H and O–H groups in total. The normalized spacial score (nSPS) is 18.5. The molecule has 1 aromatic carbocycles. The van der Waals surface area contributed by atoms with Gasteiger partial charge in [-0.1, -0.05) is 0 Å². The number of hydrogen-bond acceptors (Lipinski definition) is 4. The lowest BCUT2D eigenvalue weighted by Gasteiger charge is -2.32. The summed E-state index contributed by atoms with van der Waals surface area (Å²) in [6, 6.07) is 5.55. The fourth-order valence-corrected chi connectivity index (χ4v) is 2.26. The number of carbonyl (C=O) groups excluding carboxylic acids is 1. The molecule has 0 saturated carbocycles. The number of halogens is 1. The standard InChI is InChI=1S/C15H14FN3O2/c16-12-3-1-11(2-4-12)15(20)19-7-8-21-14(10-19)13-9-17-5-6-18-13/h1-6,9,14H,7-8,10H2/t14-/m1/s1. The summed E-state index contributed by atoms with van der Waals surface area (Å²) in [5.41, 5.74) is 1.17. The van der Waals surface area contributed by atoms with E-state index in [4.69, 9.17) is 4.74 Å². The van der Waals surface area contributed by atoms with Crippen molar-refractivity contribution in [3.63, 3.8) is 0 Å². The van der Waals surface area contributed by atoms with Crippen LogP contribution in [0.2, 0.25) is 0 Å². The van der Waals surface area contributed by atoms with E-state index < -0.39 is 0 Å². The van der Waals surface area contributed by atoms with Crippen LogP contribution in [-0.4, -0.2) is 40.5 Å².